The van der Waals surface area contributed by atoms with Gasteiger partial charge >= 0.3 is 0 Å². The molecule has 19 heavy (non-hydrogen) atoms. The van der Waals surface area contributed by atoms with Crippen molar-refractivity contribution < 1.29 is 4.74 Å². The van der Waals surface area contributed by atoms with E-state index >= 15 is 0 Å². The second kappa shape index (κ2) is 6.85. The van der Waals surface area contributed by atoms with Gasteiger partial charge in [0.25, 0.3) is 0 Å². The number of anilines is 1. The zero-order valence-electron chi connectivity index (χ0n) is 12.3. The van der Waals surface area contributed by atoms with Crippen molar-refractivity contribution in [1.82, 2.24) is 9.97 Å². The Balaban J connectivity index is 2.22. The zero-order chi connectivity index (χ0) is 13.7. The second-order valence-electron chi connectivity index (χ2n) is 5.53. The Morgan fingerprint density at radius 3 is 2.89 bits per heavy atom. The molecule has 1 fully saturated rings. The fraction of sp³-hybridized carbons (Fsp3) is 0.733. The maximum absolute atomic E-state index is 5.56. The number of aromatic nitrogens is 2. The summed E-state index contributed by atoms with van der Waals surface area (Å²) in [6, 6.07) is 2.08. The van der Waals surface area contributed by atoms with Crippen LogP contribution in [0.4, 0.5) is 5.82 Å². The quantitative estimate of drug-likeness (QED) is 0.885. The van der Waals surface area contributed by atoms with Crippen LogP contribution < -0.4 is 5.32 Å². The first-order chi connectivity index (χ1) is 9.20. The summed E-state index contributed by atoms with van der Waals surface area (Å²) in [4.78, 5) is 9.41. The summed E-state index contributed by atoms with van der Waals surface area (Å²) in [6.07, 6.45) is 3.34. The Kier molecular flexibility index (Phi) is 5.14. The smallest absolute Gasteiger partial charge is 0.136 e. The summed E-state index contributed by atoms with van der Waals surface area (Å²) in [7, 11) is 0. The molecule has 0 bridgehead atoms. The van der Waals surface area contributed by atoms with Crippen molar-refractivity contribution >= 4 is 5.82 Å². The summed E-state index contributed by atoms with van der Waals surface area (Å²) >= 11 is 0. The van der Waals surface area contributed by atoms with E-state index in [0.717, 1.165) is 56.4 Å². The Morgan fingerprint density at radius 2 is 2.26 bits per heavy atom. The highest BCUT2D eigenvalue weighted by atomic mass is 16.5. The Hall–Kier alpha value is -1.16. The lowest BCUT2D eigenvalue weighted by molar-refractivity contribution is 0.0780. The largest absolute Gasteiger partial charge is 0.381 e. The normalized spacial score (nSPS) is 19.7. The highest BCUT2D eigenvalue weighted by Crippen LogP contribution is 2.25. The van der Waals surface area contributed by atoms with Crippen LogP contribution in [0.3, 0.4) is 0 Å². The summed E-state index contributed by atoms with van der Waals surface area (Å²) < 4.78 is 5.56. The predicted molar refractivity (Wildman–Crippen MR) is 77.7 cm³/mol. The minimum Gasteiger partial charge on any atom is -0.381 e. The minimum absolute atomic E-state index is 0.356. The van der Waals surface area contributed by atoms with E-state index in [1.807, 2.05) is 0 Å². The molecule has 1 aliphatic rings. The van der Waals surface area contributed by atoms with E-state index in [4.69, 9.17) is 9.72 Å². The molecule has 1 aromatic heterocycles. The zero-order valence-corrected chi connectivity index (χ0v) is 12.3. The molecule has 0 amide bonds. The first-order valence-corrected chi connectivity index (χ1v) is 7.41. The van der Waals surface area contributed by atoms with Crippen LogP contribution in [0.1, 0.15) is 63.4 Å². The minimum atomic E-state index is 0.356. The number of hydrogen-bond donors (Lipinski definition) is 1. The Bertz CT molecular complexity index is 400. The molecule has 1 atom stereocenters. The topological polar surface area (TPSA) is 47.0 Å². The van der Waals surface area contributed by atoms with Crippen molar-refractivity contribution in [1.29, 1.82) is 0 Å². The number of ether oxygens (including phenoxy) is 1. The lowest BCUT2D eigenvalue weighted by atomic mass is 10.0. The maximum atomic E-state index is 5.56. The van der Waals surface area contributed by atoms with Gasteiger partial charge in [0.2, 0.25) is 0 Å². The van der Waals surface area contributed by atoms with Gasteiger partial charge in [-0.15, -0.1) is 0 Å². The molecular weight excluding hydrogens is 238 g/mol. The van der Waals surface area contributed by atoms with Crippen LogP contribution in [0.5, 0.6) is 0 Å². The summed E-state index contributed by atoms with van der Waals surface area (Å²) in [5, 5.41) is 3.38. The van der Waals surface area contributed by atoms with Crippen LogP contribution in [0.2, 0.25) is 0 Å². The summed E-state index contributed by atoms with van der Waals surface area (Å²) in [5.74, 6) is 2.69. The van der Waals surface area contributed by atoms with Gasteiger partial charge in [-0.25, -0.2) is 9.97 Å². The molecule has 0 radical (unpaired) electrons. The Labute approximate surface area is 116 Å². The number of rotatable bonds is 5. The molecule has 0 spiro atoms. The second-order valence-corrected chi connectivity index (χ2v) is 5.53. The summed E-state index contributed by atoms with van der Waals surface area (Å²) in [6.45, 7) is 9.10. The molecule has 0 aliphatic carbocycles. The monoisotopic (exact) mass is 263 g/mol. The van der Waals surface area contributed by atoms with Crippen LogP contribution in [-0.4, -0.2) is 29.7 Å². The maximum Gasteiger partial charge on any atom is 0.136 e. The van der Waals surface area contributed by atoms with Crippen molar-refractivity contribution in [2.75, 3.05) is 25.1 Å². The van der Waals surface area contributed by atoms with Gasteiger partial charge in [-0.2, -0.15) is 0 Å². The van der Waals surface area contributed by atoms with E-state index in [1.165, 1.54) is 0 Å². The van der Waals surface area contributed by atoms with Gasteiger partial charge in [0.05, 0.1) is 6.61 Å². The molecule has 4 nitrogen and oxygen atoms in total. The lowest BCUT2D eigenvalue weighted by Gasteiger charge is -2.22. The number of hydrogen-bond acceptors (Lipinski definition) is 4. The van der Waals surface area contributed by atoms with Crippen molar-refractivity contribution in [2.45, 2.75) is 51.9 Å². The van der Waals surface area contributed by atoms with Crippen molar-refractivity contribution in [3.63, 3.8) is 0 Å². The van der Waals surface area contributed by atoms with E-state index in [2.05, 4.69) is 37.1 Å². The van der Waals surface area contributed by atoms with Crippen LogP contribution in [0.15, 0.2) is 6.07 Å². The molecule has 4 heteroatoms. The molecule has 106 valence electrons. The predicted octanol–water partition coefficient (Wildman–Crippen LogP) is 3.32. The third kappa shape index (κ3) is 3.90. The van der Waals surface area contributed by atoms with Crippen LogP contribution in [0.25, 0.3) is 0 Å². The molecule has 1 aromatic rings. The molecule has 2 rings (SSSR count). The fourth-order valence-electron chi connectivity index (χ4n) is 2.25. The van der Waals surface area contributed by atoms with Crippen molar-refractivity contribution in [2.24, 2.45) is 0 Å². The highest BCUT2D eigenvalue weighted by molar-refractivity contribution is 5.37. The van der Waals surface area contributed by atoms with Gasteiger partial charge in [-0.1, -0.05) is 20.8 Å². The summed E-state index contributed by atoms with van der Waals surface area (Å²) in [5.41, 5.74) is 1.12. The first kappa shape index (κ1) is 14.3. The van der Waals surface area contributed by atoms with Gasteiger partial charge in [0.1, 0.15) is 11.6 Å². The molecule has 1 unspecified atom stereocenters. The van der Waals surface area contributed by atoms with Gasteiger partial charge in [0, 0.05) is 30.8 Å². The third-order valence-corrected chi connectivity index (χ3v) is 3.44. The van der Waals surface area contributed by atoms with E-state index in [9.17, 15) is 0 Å². The van der Waals surface area contributed by atoms with Crippen molar-refractivity contribution in [3.8, 4) is 0 Å². The standard InChI is InChI=1S/C15H25N3O/c1-4-7-16-14-9-13(11(2)3)17-15(18-14)12-6-5-8-19-10-12/h9,11-12H,4-8,10H2,1-3H3,(H,16,17,18). The highest BCUT2D eigenvalue weighted by Gasteiger charge is 2.20. The first-order valence-electron chi connectivity index (χ1n) is 7.41. The SMILES string of the molecule is CCCNc1cc(C(C)C)nc(C2CCCOC2)n1. The van der Waals surface area contributed by atoms with Gasteiger partial charge in [-0.3, -0.25) is 0 Å². The van der Waals surface area contributed by atoms with Crippen molar-refractivity contribution in [3.05, 3.63) is 17.6 Å². The Morgan fingerprint density at radius 1 is 1.42 bits per heavy atom. The third-order valence-electron chi connectivity index (χ3n) is 3.44. The van der Waals surface area contributed by atoms with Gasteiger partial charge < -0.3 is 10.1 Å². The average Bonchev–Trinajstić information content (AvgIpc) is 2.45. The molecule has 0 aromatic carbocycles. The number of nitrogens with one attached hydrogen (secondary N) is 1. The molecular formula is C15H25N3O. The van der Waals surface area contributed by atoms with E-state index in [1.54, 1.807) is 0 Å². The van der Waals surface area contributed by atoms with Gasteiger partial charge in [-0.05, 0) is 25.2 Å². The number of nitrogens with zero attached hydrogens (tertiary/aromatic N) is 2. The van der Waals surface area contributed by atoms with Crippen LogP contribution in [-0.2, 0) is 4.74 Å². The van der Waals surface area contributed by atoms with E-state index in [-0.39, 0.29) is 0 Å². The van der Waals surface area contributed by atoms with Crippen LogP contribution in [0, 0.1) is 0 Å². The molecule has 0 saturated carbocycles. The molecule has 2 heterocycles. The lowest BCUT2D eigenvalue weighted by Crippen LogP contribution is -2.19. The molecule has 1 N–H and O–H groups in total. The van der Waals surface area contributed by atoms with Crippen LogP contribution >= 0.6 is 0 Å². The molecule has 1 aliphatic heterocycles. The average molecular weight is 263 g/mol. The fourth-order valence-corrected chi connectivity index (χ4v) is 2.25. The molecule has 1 saturated heterocycles. The van der Waals surface area contributed by atoms with E-state index < -0.39 is 0 Å². The van der Waals surface area contributed by atoms with E-state index in [0.29, 0.717) is 11.8 Å². The van der Waals surface area contributed by atoms with Gasteiger partial charge in [0.15, 0.2) is 0 Å².